The van der Waals surface area contributed by atoms with E-state index in [-0.39, 0.29) is 12.2 Å². The van der Waals surface area contributed by atoms with E-state index in [1.54, 1.807) is 0 Å². The summed E-state index contributed by atoms with van der Waals surface area (Å²) < 4.78 is 32.8. The third-order valence-corrected chi connectivity index (χ3v) is 2.02. The fourth-order valence-electron chi connectivity index (χ4n) is 1.20. The Kier molecular flexibility index (Phi) is 3.79. The van der Waals surface area contributed by atoms with Crippen LogP contribution in [0.4, 0.5) is 8.78 Å². The van der Waals surface area contributed by atoms with E-state index in [1.807, 2.05) is 0 Å². The molecule has 0 saturated heterocycles. The van der Waals surface area contributed by atoms with Gasteiger partial charge in [0, 0.05) is 6.42 Å². The van der Waals surface area contributed by atoms with Gasteiger partial charge >= 0.3 is 5.97 Å². The maximum Gasteiger partial charge on any atom is 0.340 e. The molecule has 0 heterocycles. The number of rotatable bonds is 5. The average molecular weight is 220 g/mol. The van der Waals surface area contributed by atoms with Crippen LogP contribution in [-0.2, 0) is 14.3 Å². The first kappa shape index (κ1) is 11.6. The molecule has 0 radical (unpaired) electrons. The Morgan fingerprint density at radius 3 is 2.67 bits per heavy atom. The van der Waals surface area contributed by atoms with Crippen molar-refractivity contribution in [1.29, 1.82) is 0 Å². The highest BCUT2D eigenvalue weighted by Gasteiger charge is 2.38. The number of carboxylic acids is 1. The van der Waals surface area contributed by atoms with E-state index in [1.165, 1.54) is 12.2 Å². The van der Waals surface area contributed by atoms with E-state index >= 15 is 0 Å². The molecule has 0 spiro atoms. The van der Waals surface area contributed by atoms with E-state index < -0.39 is 25.3 Å². The number of ether oxygens (including phenoxy) is 2. The zero-order valence-electron chi connectivity index (χ0n) is 7.78. The van der Waals surface area contributed by atoms with Crippen LogP contribution in [-0.4, -0.2) is 30.4 Å². The van der Waals surface area contributed by atoms with Gasteiger partial charge in [-0.2, -0.15) is 0 Å². The minimum absolute atomic E-state index is 0.0991. The fraction of sp³-hybridized carbons (Fsp3) is 0.444. The average Bonchev–Trinajstić information content (AvgIpc) is 2.21. The lowest BCUT2D eigenvalue weighted by Crippen LogP contribution is -2.40. The Bertz CT molecular complexity index is 300. The number of hydrogen-bond acceptors (Lipinski definition) is 3. The number of alkyl halides is 2. The van der Waals surface area contributed by atoms with Crippen molar-refractivity contribution >= 4 is 5.97 Å². The molecule has 15 heavy (non-hydrogen) atoms. The minimum atomic E-state index is -1.71. The number of aliphatic carboxylic acids is 1. The molecule has 1 unspecified atom stereocenters. The summed E-state index contributed by atoms with van der Waals surface area (Å²) in [5.41, 5.74) is -1.71. The van der Waals surface area contributed by atoms with E-state index in [4.69, 9.17) is 5.11 Å². The summed E-state index contributed by atoms with van der Waals surface area (Å²) in [6.45, 7) is -2.20. The van der Waals surface area contributed by atoms with Crippen LogP contribution in [0.1, 0.15) is 6.42 Å². The first-order valence-electron chi connectivity index (χ1n) is 4.16. The summed E-state index contributed by atoms with van der Waals surface area (Å²) in [7, 11) is 0. The highest BCUT2D eigenvalue weighted by molar-refractivity contribution is 5.81. The quantitative estimate of drug-likeness (QED) is 0.763. The van der Waals surface area contributed by atoms with E-state index in [0.717, 1.165) is 6.08 Å². The Balaban J connectivity index is 2.75. The predicted molar refractivity (Wildman–Crippen MR) is 46.3 cm³/mol. The Morgan fingerprint density at radius 2 is 2.27 bits per heavy atom. The first-order valence-corrected chi connectivity index (χ1v) is 4.16. The summed E-state index contributed by atoms with van der Waals surface area (Å²) in [5.74, 6) is -1.09. The van der Waals surface area contributed by atoms with Gasteiger partial charge in [-0.3, -0.25) is 0 Å². The number of carbonyl (C=O) groups is 1. The first-order chi connectivity index (χ1) is 7.14. The number of allylic oxidation sites excluding steroid dienone is 1. The SMILES string of the molecule is O=C(O)C1(OCF)C=CC(OCF)=CC1. The molecule has 1 aliphatic rings. The second-order valence-electron chi connectivity index (χ2n) is 2.85. The molecule has 0 bridgehead atoms. The van der Waals surface area contributed by atoms with Gasteiger partial charge in [-0.05, 0) is 18.2 Å². The molecule has 0 aromatic carbocycles. The Morgan fingerprint density at radius 1 is 1.53 bits per heavy atom. The van der Waals surface area contributed by atoms with Crippen LogP contribution in [0.25, 0.3) is 0 Å². The standard InChI is InChI=1S/C9H10F2O4/c10-5-14-7-1-3-9(4-2-7,8(12)13)15-6-11/h1-3H,4-6H2,(H,12,13). The molecule has 1 rings (SSSR count). The summed E-state index contributed by atoms with van der Waals surface area (Å²) in [4.78, 5) is 10.8. The summed E-state index contributed by atoms with van der Waals surface area (Å²) >= 11 is 0. The van der Waals surface area contributed by atoms with Crippen LogP contribution in [0, 0.1) is 0 Å². The van der Waals surface area contributed by atoms with Gasteiger partial charge in [0.05, 0.1) is 0 Å². The van der Waals surface area contributed by atoms with Crippen molar-refractivity contribution < 1.29 is 28.2 Å². The highest BCUT2D eigenvalue weighted by atomic mass is 19.1. The maximum absolute atomic E-state index is 12.0. The summed E-state index contributed by atoms with van der Waals surface area (Å²) in [6, 6.07) is 0. The number of carboxylic acid groups (broad SMARTS) is 1. The van der Waals surface area contributed by atoms with Gasteiger partial charge < -0.3 is 14.6 Å². The molecule has 0 amide bonds. The van der Waals surface area contributed by atoms with Gasteiger partial charge in [0.15, 0.2) is 12.5 Å². The van der Waals surface area contributed by atoms with E-state index in [9.17, 15) is 13.6 Å². The van der Waals surface area contributed by atoms with Crippen LogP contribution in [0.5, 0.6) is 0 Å². The van der Waals surface area contributed by atoms with Crippen molar-refractivity contribution in [3.63, 3.8) is 0 Å². The lowest BCUT2D eigenvalue weighted by atomic mass is 9.94. The molecule has 0 aromatic rings. The largest absolute Gasteiger partial charge is 0.479 e. The van der Waals surface area contributed by atoms with Crippen molar-refractivity contribution in [3.8, 4) is 0 Å². The van der Waals surface area contributed by atoms with Crippen LogP contribution in [0.15, 0.2) is 24.0 Å². The molecule has 0 aromatic heterocycles. The molecular weight excluding hydrogens is 210 g/mol. The molecule has 1 atom stereocenters. The van der Waals surface area contributed by atoms with Gasteiger partial charge in [-0.25, -0.2) is 13.6 Å². The topological polar surface area (TPSA) is 55.8 Å². The maximum atomic E-state index is 12.0. The second kappa shape index (κ2) is 4.88. The van der Waals surface area contributed by atoms with Gasteiger partial charge in [0.2, 0.25) is 6.86 Å². The van der Waals surface area contributed by atoms with Crippen molar-refractivity contribution in [2.24, 2.45) is 0 Å². The van der Waals surface area contributed by atoms with Gasteiger partial charge in [-0.1, -0.05) is 0 Å². The lowest BCUT2D eigenvalue weighted by molar-refractivity contribution is -0.164. The number of halogens is 2. The van der Waals surface area contributed by atoms with Gasteiger partial charge in [0.1, 0.15) is 5.76 Å². The Hall–Kier alpha value is -1.43. The van der Waals surface area contributed by atoms with Crippen molar-refractivity contribution in [3.05, 3.63) is 24.0 Å². The van der Waals surface area contributed by atoms with Crippen LogP contribution in [0.2, 0.25) is 0 Å². The molecule has 0 fully saturated rings. The van der Waals surface area contributed by atoms with Gasteiger partial charge in [0.25, 0.3) is 0 Å². The van der Waals surface area contributed by atoms with Crippen LogP contribution in [0.3, 0.4) is 0 Å². The van der Waals surface area contributed by atoms with Crippen molar-refractivity contribution in [1.82, 2.24) is 0 Å². The fourth-order valence-corrected chi connectivity index (χ4v) is 1.20. The monoisotopic (exact) mass is 220 g/mol. The molecule has 1 N–H and O–H groups in total. The van der Waals surface area contributed by atoms with Crippen molar-refractivity contribution in [2.75, 3.05) is 13.7 Å². The molecular formula is C9H10F2O4. The molecule has 0 aliphatic heterocycles. The third kappa shape index (κ3) is 2.53. The molecule has 4 nitrogen and oxygen atoms in total. The summed E-state index contributed by atoms with van der Waals surface area (Å²) in [5, 5.41) is 8.85. The predicted octanol–water partition coefficient (Wildman–Crippen LogP) is 1.54. The molecule has 0 saturated carbocycles. The second-order valence-corrected chi connectivity index (χ2v) is 2.85. The van der Waals surface area contributed by atoms with Gasteiger partial charge in [-0.15, -0.1) is 0 Å². The summed E-state index contributed by atoms with van der Waals surface area (Å²) in [6.07, 6.45) is 3.62. The van der Waals surface area contributed by atoms with Crippen molar-refractivity contribution in [2.45, 2.75) is 12.0 Å². The van der Waals surface area contributed by atoms with Crippen LogP contribution < -0.4 is 0 Å². The van der Waals surface area contributed by atoms with Crippen LogP contribution >= 0.6 is 0 Å². The van der Waals surface area contributed by atoms with E-state index in [0.29, 0.717) is 0 Å². The number of hydrogen-bond donors (Lipinski definition) is 1. The zero-order valence-corrected chi connectivity index (χ0v) is 7.78. The normalized spacial score (nSPS) is 24.8. The molecule has 1 aliphatic carbocycles. The lowest BCUT2D eigenvalue weighted by Gasteiger charge is -2.26. The Labute approximate surface area is 84.8 Å². The highest BCUT2D eigenvalue weighted by Crippen LogP contribution is 2.26. The smallest absolute Gasteiger partial charge is 0.340 e. The zero-order chi connectivity index (χ0) is 11.3. The third-order valence-electron chi connectivity index (χ3n) is 2.02. The molecule has 84 valence electrons. The molecule has 6 heteroatoms. The minimum Gasteiger partial charge on any atom is -0.479 e. The van der Waals surface area contributed by atoms with E-state index in [2.05, 4.69) is 9.47 Å².